The molecule has 5 nitrogen and oxygen atoms in total. The van der Waals surface area contributed by atoms with Crippen LogP contribution in [0.2, 0.25) is 5.02 Å². The van der Waals surface area contributed by atoms with Crippen molar-refractivity contribution in [3.05, 3.63) is 38.8 Å². The van der Waals surface area contributed by atoms with Crippen molar-refractivity contribution in [2.45, 2.75) is 6.92 Å². The molecule has 17 heavy (non-hydrogen) atoms. The fourth-order valence-corrected chi connectivity index (χ4v) is 1.96. The fourth-order valence-electron chi connectivity index (χ4n) is 1.65. The predicted molar refractivity (Wildman–Crippen MR) is 63.7 cm³/mol. The molecule has 0 radical (unpaired) electrons. The number of aryl methyl sites for hydroxylation is 2. The molecule has 6 heteroatoms. The van der Waals surface area contributed by atoms with E-state index in [1.165, 1.54) is 11.6 Å². The van der Waals surface area contributed by atoms with Gasteiger partial charge in [0.25, 0.3) is 5.56 Å². The Balaban J connectivity index is 3.05. The minimum atomic E-state index is -1.34. The highest BCUT2D eigenvalue weighted by Gasteiger charge is 2.19. The van der Waals surface area contributed by atoms with Crippen LogP contribution in [0.5, 0.6) is 0 Å². The summed E-state index contributed by atoms with van der Waals surface area (Å²) >= 11 is 5.93. The Labute approximate surface area is 101 Å². The maximum atomic E-state index is 11.8. The van der Waals surface area contributed by atoms with E-state index < -0.39 is 17.1 Å². The zero-order chi connectivity index (χ0) is 12.7. The second-order valence-electron chi connectivity index (χ2n) is 3.68. The van der Waals surface area contributed by atoms with Gasteiger partial charge < -0.3 is 5.11 Å². The van der Waals surface area contributed by atoms with E-state index in [2.05, 4.69) is 4.98 Å². The van der Waals surface area contributed by atoms with Crippen LogP contribution in [0.25, 0.3) is 11.0 Å². The number of halogens is 1. The van der Waals surface area contributed by atoms with Gasteiger partial charge in [0, 0.05) is 18.1 Å². The predicted octanol–water partition coefficient (Wildman–Crippen LogP) is 1.59. The summed E-state index contributed by atoms with van der Waals surface area (Å²) in [6.07, 6.45) is 0. The van der Waals surface area contributed by atoms with Gasteiger partial charge in [-0.1, -0.05) is 11.6 Å². The monoisotopic (exact) mass is 252 g/mol. The Bertz CT molecular complexity index is 691. The second-order valence-corrected chi connectivity index (χ2v) is 4.06. The molecule has 0 saturated heterocycles. The molecule has 0 aliphatic rings. The van der Waals surface area contributed by atoms with E-state index >= 15 is 0 Å². The standard InChI is InChI=1S/C11H9ClN2O3/c1-5-3-4-6-8(12)7(11(16)17)10(15)14(2)9(6)13-5/h3-4H,1-2H3,(H,16,17). The molecule has 0 aliphatic heterocycles. The van der Waals surface area contributed by atoms with Crippen molar-refractivity contribution >= 4 is 28.6 Å². The number of hydrogen-bond acceptors (Lipinski definition) is 3. The van der Waals surface area contributed by atoms with E-state index in [1.54, 1.807) is 19.1 Å². The lowest BCUT2D eigenvalue weighted by Crippen LogP contribution is -2.25. The van der Waals surface area contributed by atoms with Crippen molar-refractivity contribution in [2.24, 2.45) is 7.05 Å². The van der Waals surface area contributed by atoms with Crippen LogP contribution in [0.3, 0.4) is 0 Å². The third-order valence-corrected chi connectivity index (χ3v) is 2.91. The molecule has 0 fully saturated rings. The van der Waals surface area contributed by atoms with E-state index in [4.69, 9.17) is 16.7 Å². The summed E-state index contributed by atoms with van der Waals surface area (Å²) in [5.41, 5.74) is 0.0251. The summed E-state index contributed by atoms with van der Waals surface area (Å²) in [5.74, 6) is -1.34. The Morgan fingerprint density at radius 2 is 2.12 bits per heavy atom. The normalized spacial score (nSPS) is 10.8. The molecule has 2 rings (SSSR count). The highest BCUT2D eigenvalue weighted by molar-refractivity contribution is 6.38. The zero-order valence-electron chi connectivity index (χ0n) is 9.19. The summed E-state index contributed by atoms with van der Waals surface area (Å²) in [5, 5.41) is 9.36. The maximum Gasteiger partial charge on any atom is 0.342 e. The van der Waals surface area contributed by atoms with Crippen LogP contribution in [-0.4, -0.2) is 20.6 Å². The number of rotatable bonds is 1. The van der Waals surface area contributed by atoms with Crippen molar-refractivity contribution in [3.63, 3.8) is 0 Å². The quantitative estimate of drug-likeness (QED) is 0.837. The summed E-state index contributed by atoms with van der Waals surface area (Å²) in [4.78, 5) is 27.0. The first-order chi connectivity index (χ1) is 7.93. The van der Waals surface area contributed by atoms with Crippen molar-refractivity contribution in [2.75, 3.05) is 0 Å². The summed E-state index contributed by atoms with van der Waals surface area (Å²) < 4.78 is 1.19. The molecule has 88 valence electrons. The van der Waals surface area contributed by atoms with Crippen LogP contribution in [0, 0.1) is 6.92 Å². The van der Waals surface area contributed by atoms with Gasteiger partial charge in [0.1, 0.15) is 11.2 Å². The van der Waals surface area contributed by atoms with E-state index in [0.29, 0.717) is 11.0 Å². The van der Waals surface area contributed by atoms with Crippen LogP contribution in [0.4, 0.5) is 0 Å². The Kier molecular flexibility index (Phi) is 2.63. The third kappa shape index (κ3) is 1.68. The number of fused-ring (bicyclic) bond motifs is 1. The minimum absolute atomic E-state index is 0.0666. The summed E-state index contributed by atoms with van der Waals surface area (Å²) in [6, 6.07) is 3.37. The molecule has 2 heterocycles. The Morgan fingerprint density at radius 1 is 1.47 bits per heavy atom. The van der Waals surface area contributed by atoms with Gasteiger partial charge in [-0.15, -0.1) is 0 Å². The van der Waals surface area contributed by atoms with Crippen LogP contribution in [0.15, 0.2) is 16.9 Å². The zero-order valence-corrected chi connectivity index (χ0v) is 9.95. The third-order valence-electron chi connectivity index (χ3n) is 2.52. The smallest absolute Gasteiger partial charge is 0.342 e. The summed E-state index contributed by atoms with van der Waals surface area (Å²) in [6.45, 7) is 1.78. The Morgan fingerprint density at radius 3 is 2.71 bits per heavy atom. The average Bonchev–Trinajstić information content (AvgIpc) is 2.25. The number of carboxylic acid groups (broad SMARTS) is 1. The van der Waals surface area contributed by atoms with Gasteiger partial charge in [0.15, 0.2) is 0 Å². The largest absolute Gasteiger partial charge is 0.477 e. The van der Waals surface area contributed by atoms with Crippen LogP contribution in [-0.2, 0) is 7.05 Å². The van der Waals surface area contributed by atoms with E-state index in [1.807, 2.05) is 0 Å². The molecule has 0 unspecified atom stereocenters. The van der Waals surface area contributed by atoms with Gasteiger partial charge in [-0.05, 0) is 19.1 Å². The number of aromatic nitrogens is 2. The van der Waals surface area contributed by atoms with Gasteiger partial charge in [-0.3, -0.25) is 9.36 Å². The van der Waals surface area contributed by atoms with Crippen LogP contribution >= 0.6 is 11.6 Å². The molecular formula is C11H9ClN2O3. The van der Waals surface area contributed by atoms with E-state index in [-0.39, 0.29) is 5.02 Å². The highest BCUT2D eigenvalue weighted by atomic mass is 35.5. The van der Waals surface area contributed by atoms with Gasteiger partial charge in [-0.25, -0.2) is 9.78 Å². The topological polar surface area (TPSA) is 72.2 Å². The van der Waals surface area contributed by atoms with Crippen molar-refractivity contribution in [1.82, 2.24) is 9.55 Å². The first kappa shape index (κ1) is 11.6. The average molecular weight is 253 g/mol. The molecule has 2 aromatic rings. The van der Waals surface area contributed by atoms with Crippen molar-refractivity contribution < 1.29 is 9.90 Å². The lowest BCUT2D eigenvalue weighted by Gasteiger charge is -2.08. The Hall–Kier alpha value is -1.88. The van der Waals surface area contributed by atoms with E-state index in [0.717, 1.165) is 5.69 Å². The molecule has 0 aromatic carbocycles. The van der Waals surface area contributed by atoms with Gasteiger partial charge in [0.05, 0.1) is 5.02 Å². The number of aromatic carboxylic acids is 1. The fraction of sp³-hybridized carbons (Fsp3) is 0.182. The molecule has 2 aromatic heterocycles. The van der Waals surface area contributed by atoms with Crippen molar-refractivity contribution in [1.29, 1.82) is 0 Å². The maximum absolute atomic E-state index is 11.8. The number of hydrogen-bond donors (Lipinski definition) is 1. The second kappa shape index (κ2) is 3.85. The van der Waals surface area contributed by atoms with Crippen molar-refractivity contribution in [3.8, 4) is 0 Å². The number of carbonyl (C=O) groups is 1. The van der Waals surface area contributed by atoms with Gasteiger partial charge >= 0.3 is 5.97 Å². The highest BCUT2D eigenvalue weighted by Crippen LogP contribution is 2.23. The first-order valence-electron chi connectivity index (χ1n) is 4.82. The van der Waals surface area contributed by atoms with Crippen LogP contribution in [0.1, 0.15) is 16.1 Å². The molecule has 1 N–H and O–H groups in total. The molecule has 0 amide bonds. The molecular weight excluding hydrogens is 244 g/mol. The lowest BCUT2D eigenvalue weighted by atomic mass is 10.2. The first-order valence-corrected chi connectivity index (χ1v) is 5.20. The molecule has 0 aliphatic carbocycles. The number of nitrogens with zero attached hydrogens (tertiary/aromatic N) is 2. The lowest BCUT2D eigenvalue weighted by molar-refractivity contribution is 0.0695. The molecule has 0 saturated carbocycles. The molecule has 0 atom stereocenters. The number of carboxylic acids is 1. The SMILES string of the molecule is Cc1ccc2c(Cl)c(C(=O)O)c(=O)n(C)c2n1. The number of pyridine rings is 2. The molecule has 0 bridgehead atoms. The minimum Gasteiger partial charge on any atom is -0.477 e. The van der Waals surface area contributed by atoms with E-state index in [9.17, 15) is 9.59 Å². The summed E-state index contributed by atoms with van der Waals surface area (Å²) in [7, 11) is 1.47. The van der Waals surface area contributed by atoms with Crippen LogP contribution < -0.4 is 5.56 Å². The van der Waals surface area contributed by atoms with Gasteiger partial charge in [-0.2, -0.15) is 0 Å². The van der Waals surface area contributed by atoms with Gasteiger partial charge in [0.2, 0.25) is 0 Å². The molecule has 0 spiro atoms.